The number of carbonyl (C=O) groups is 1. The summed E-state index contributed by atoms with van der Waals surface area (Å²) >= 11 is 0. The highest BCUT2D eigenvalue weighted by atomic mass is 19.3. The monoisotopic (exact) mass is 332 g/mol. The lowest BCUT2D eigenvalue weighted by Gasteiger charge is -2.22. The minimum absolute atomic E-state index is 0.294. The lowest BCUT2D eigenvalue weighted by Crippen LogP contribution is -2.44. The summed E-state index contributed by atoms with van der Waals surface area (Å²) in [7, 11) is 0. The van der Waals surface area contributed by atoms with Gasteiger partial charge in [0, 0.05) is 19.3 Å². The zero-order chi connectivity index (χ0) is 17.5. The summed E-state index contributed by atoms with van der Waals surface area (Å²) in [5.41, 5.74) is 0.137. The molecule has 6 nitrogen and oxygen atoms in total. The van der Waals surface area contributed by atoms with E-state index in [0.29, 0.717) is 6.54 Å². The van der Waals surface area contributed by atoms with Gasteiger partial charge < -0.3 is 19.9 Å². The highest BCUT2D eigenvalue weighted by molar-refractivity contribution is 5.67. The first-order chi connectivity index (χ1) is 10.6. The molecule has 1 rings (SSSR count). The second-order valence-electron chi connectivity index (χ2n) is 6.39. The Morgan fingerprint density at radius 3 is 2.65 bits per heavy atom. The number of hydrogen-bond donors (Lipinski definition) is 2. The Morgan fingerprint density at radius 2 is 2.04 bits per heavy atom. The number of alkyl carbamates (subject to hydrolysis) is 1. The molecule has 0 aromatic carbocycles. The van der Waals surface area contributed by atoms with E-state index < -0.39 is 30.7 Å². The van der Waals surface area contributed by atoms with Gasteiger partial charge in [-0.3, -0.25) is 0 Å². The molecule has 0 aliphatic rings. The lowest BCUT2D eigenvalue weighted by molar-refractivity contribution is -0.00386. The largest absolute Gasteiger partial charge is 0.444 e. The lowest BCUT2D eigenvalue weighted by atomic mass is 10.2. The normalized spacial score (nSPS) is 12.3. The van der Waals surface area contributed by atoms with E-state index in [1.54, 1.807) is 33.3 Å². The number of halogens is 2. The van der Waals surface area contributed by atoms with Crippen LogP contribution >= 0.6 is 0 Å². The standard InChI is InChI=1S/C15H26F2N4O2/c1-5-6-21-11-19-8-12(21)7-18-9-15(16,17)10-20-13(22)23-14(2,3)4/h8,11,18H,5-7,9-10H2,1-4H3,(H,20,22). The van der Waals surface area contributed by atoms with Crippen LogP contribution in [-0.4, -0.2) is 40.3 Å². The molecule has 0 fully saturated rings. The van der Waals surface area contributed by atoms with Crippen molar-refractivity contribution in [2.45, 2.75) is 58.7 Å². The minimum atomic E-state index is -3.06. The number of hydrogen-bond acceptors (Lipinski definition) is 4. The molecule has 132 valence electrons. The van der Waals surface area contributed by atoms with Gasteiger partial charge >= 0.3 is 6.09 Å². The van der Waals surface area contributed by atoms with Gasteiger partial charge in [0.2, 0.25) is 0 Å². The topological polar surface area (TPSA) is 68.2 Å². The Balaban J connectivity index is 2.35. The molecule has 0 atom stereocenters. The summed E-state index contributed by atoms with van der Waals surface area (Å²) in [6.07, 6.45) is 3.43. The number of carbonyl (C=O) groups excluding carboxylic acids is 1. The number of imidazole rings is 1. The molecule has 0 saturated heterocycles. The van der Waals surface area contributed by atoms with Crippen molar-refractivity contribution in [1.82, 2.24) is 20.2 Å². The van der Waals surface area contributed by atoms with Crippen LogP contribution in [0.2, 0.25) is 0 Å². The molecule has 2 N–H and O–H groups in total. The van der Waals surface area contributed by atoms with Crippen molar-refractivity contribution >= 4 is 6.09 Å². The van der Waals surface area contributed by atoms with Crippen LogP contribution in [0.4, 0.5) is 13.6 Å². The van der Waals surface area contributed by atoms with E-state index in [0.717, 1.165) is 18.7 Å². The molecular formula is C15H26F2N4O2. The Morgan fingerprint density at radius 1 is 1.35 bits per heavy atom. The molecule has 0 aliphatic carbocycles. The van der Waals surface area contributed by atoms with Gasteiger partial charge in [0.1, 0.15) is 5.60 Å². The maximum absolute atomic E-state index is 13.7. The van der Waals surface area contributed by atoms with Crippen LogP contribution in [0.5, 0.6) is 0 Å². The second-order valence-corrected chi connectivity index (χ2v) is 6.39. The molecule has 0 bridgehead atoms. The molecular weight excluding hydrogens is 306 g/mol. The maximum Gasteiger partial charge on any atom is 0.407 e. The van der Waals surface area contributed by atoms with E-state index in [1.165, 1.54) is 0 Å². The van der Waals surface area contributed by atoms with Crippen LogP contribution in [0.15, 0.2) is 12.5 Å². The summed E-state index contributed by atoms with van der Waals surface area (Å²) in [5, 5.41) is 4.78. The molecule has 0 saturated carbocycles. The fourth-order valence-corrected chi connectivity index (χ4v) is 1.89. The first-order valence-electron chi connectivity index (χ1n) is 7.67. The Labute approximate surface area is 135 Å². The van der Waals surface area contributed by atoms with Gasteiger partial charge in [0.05, 0.1) is 25.1 Å². The third-order valence-electron chi connectivity index (χ3n) is 2.84. The first-order valence-corrected chi connectivity index (χ1v) is 7.67. The van der Waals surface area contributed by atoms with Gasteiger partial charge in [-0.25, -0.2) is 18.6 Å². The van der Waals surface area contributed by atoms with Gasteiger partial charge in [0.15, 0.2) is 0 Å². The molecule has 1 heterocycles. The van der Waals surface area contributed by atoms with Crippen molar-refractivity contribution < 1.29 is 18.3 Å². The van der Waals surface area contributed by atoms with Crippen molar-refractivity contribution in [2.24, 2.45) is 0 Å². The zero-order valence-corrected chi connectivity index (χ0v) is 14.2. The van der Waals surface area contributed by atoms with Crippen molar-refractivity contribution in [2.75, 3.05) is 13.1 Å². The van der Waals surface area contributed by atoms with Crippen LogP contribution < -0.4 is 10.6 Å². The predicted octanol–water partition coefficient (Wildman–Crippen LogP) is 2.54. The maximum atomic E-state index is 13.7. The fraction of sp³-hybridized carbons (Fsp3) is 0.733. The molecule has 0 unspecified atom stereocenters. The average Bonchev–Trinajstić information content (AvgIpc) is 2.83. The Hall–Kier alpha value is -1.70. The zero-order valence-electron chi connectivity index (χ0n) is 14.2. The van der Waals surface area contributed by atoms with Crippen molar-refractivity contribution in [3.8, 4) is 0 Å². The van der Waals surface area contributed by atoms with E-state index in [1.807, 2.05) is 11.5 Å². The second kappa shape index (κ2) is 8.24. The fourth-order valence-electron chi connectivity index (χ4n) is 1.89. The molecule has 1 aromatic heterocycles. The highest BCUT2D eigenvalue weighted by Gasteiger charge is 2.30. The number of aryl methyl sites for hydroxylation is 1. The minimum Gasteiger partial charge on any atom is -0.444 e. The SMILES string of the molecule is CCCn1cncc1CNCC(F)(F)CNC(=O)OC(C)(C)C. The summed E-state index contributed by atoms with van der Waals surface area (Å²) in [5.74, 6) is -3.06. The highest BCUT2D eigenvalue weighted by Crippen LogP contribution is 2.12. The number of aromatic nitrogens is 2. The number of ether oxygens (including phenoxy) is 1. The van der Waals surface area contributed by atoms with Gasteiger partial charge in [-0.05, 0) is 27.2 Å². The van der Waals surface area contributed by atoms with E-state index in [4.69, 9.17) is 4.74 Å². The smallest absolute Gasteiger partial charge is 0.407 e. The van der Waals surface area contributed by atoms with Crippen LogP contribution in [0, 0.1) is 0 Å². The van der Waals surface area contributed by atoms with Crippen LogP contribution in [0.3, 0.4) is 0 Å². The van der Waals surface area contributed by atoms with Gasteiger partial charge in [-0.15, -0.1) is 0 Å². The van der Waals surface area contributed by atoms with Crippen LogP contribution in [0.1, 0.15) is 39.8 Å². The summed E-state index contributed by atoms with van der Waals surface area (Å²) in [6, 6.07) is 0. The van der Waals surface area contributed by atoms with E-state index in [9.17, 15) is 13.6 Å². The number of nitrogens with one attached hydrogen (secondary N) is 2. The van der Waals surface area contributed by atoms with E-state index in [2.05, 4.69) is 15.6 Å². The van der Waals surface area contributed by atoms with Gasteiger partial charge in [0.25, 0.3) is 5.92 Å². The number of amides is 1. The summed E-state index contributed by atoms with van der Waals surface area (Å²) in [4.78, 5) is 15.4. The molecule has 0 spiro atoms. The summed E-state index contributed by atoms with van der Waals surface area (Å²) in [6.45, 7) is 6.83. The van der Waals surface area contributed by atoms with Gasteiger partial charge in [-0.1, -0.05) is 6.92 Å². The average molecular weight is 332 g/mol. The van der Waals surface area contributed by atoms with E-state index >= 15 is 0 Å². The van der Waals surface area contributed by atoms with Crippen LogP contribution in [-0.2, 0) is 17.8 Å². The number of rotatable bonds is 8. The molecule has 23 heavy (non-hydrogen) atoms. The molecule has 1 aromatic rings. The third-order valence-corrected chi connectivity index (χ3v) is 2.84. The predicted molar refractivity (Wildman–Crippen MR) is 83.4 cm³/mol. The molecule has 0 aliphatic heterocycles. The summed E-state index contributed by atoms with van der Waals surface area (Å²) < 4.78 is 34.3. The van der Waals surface area contributed by atoms with Crippen molar-refractivity contribution in [3.05, 3.63) is 18.2 Å². The number of alkyl halides is 2. The van der Waals surface area contributed by atoms with Crippen molar-refractivity contribution in [3.63, 3.8) is 0 Å². The Bertz CT molecular complexity index is 498. The number of nitrogens with zero attached hydrogens (tertiary/aromatic N) is 2. The molecule has 0 radical (unpaired) electrons. The third kappa shape index (κ3) is 7.92. The van der Waals surface area contributed by atoms with Gasteiger partial charge in [-0.2, -0.15) is 0 Å². The van der Waals surface area contributed by atoms with E-state index in [-0.39, 0.29) is 0 Å². The first kappa shape index (κ1) is 19.3. The van der Waals surface area contributed by atoms with Crippen molar-refractivity contribution in [1.29, 1.82) is 0 Å². The molecule has 1 amide bonds. The molecule has 8 heteroatoms. The van der Waals surface area contributed by atoms with Crippen LogP contribution in [0.25, 0.3) is 0 Å². The Kier molecular flexibility index (Phi) is 6.93. The quantitative estimate of drug-likeness (QED) is 0.768.